The second-order valence-electron chi connectivity index (χ2n) is 7.25. The molecule has 0 saturated carbocycles. The highest BCUT2D eigenvalue weighted by Crippen LogP contribution is 2.36. The Morgan fingerprint density at radius 1 is 1.09 bits per heavy atom. The summed E-state index contributed by atoms with van der Waals surface area (Å²) < 4.78 is 10.5. The fourth-order valence-electron chi connectivity index (χ4n) is 3.64. The lowest BCUT2D eigenvalue weighted by atomic mass is 10.1. The number of anilines is 2. The van der Waals surface area contributed by atoms with Gasteiger partial charge in [-0.3, -0.25) is 19.4 Å². The van der Waals surface area contributed by atoms with Crippen molar-refractivity contribution in [1.82, 2.24) is 5.01 Å². The van der Waals surface area contributed by atoms with Crippen LogP contribution in [0.1, 0.15) is 5.56 Å². The fraction of sp³-hybridized carbons (Fsp3) is 0.286. The Hall–Kier alpha value is -3.66. The van der Waals surface area contributed by atoms with Gasteiger partial charge in [0.2, 0.25) is 5.91 Å². The Morgan fingerprint density at radius 2 is 1.84 bits per heavy atom. The van der Waals surface area contributed by atoms with Crippen molar-refractivity contribution in [2.75, 3.05) is 31.0 Å². The van der Waals surface area contributed by atoms with Crippen molar-refractivity contribution in [2.24, 2.45) is 10.3 Å². The van der Waals surface area contributed by atoms with Crippen LogP contribution < -0.4 is 19.7 Å². The van der Waals surface area contributed by atoms with Crippen molar-refractivity contribution >= 4 is 40.7 Å². The van der Waals surface area contributed by atoms with Crippen molar-refractivity contribution in [1.29, 1.82) is 0 Å². The van der Waals surface area contributed by atoms with Gasteiger partial charge in [0.1, 0.15) is 6.54 Å². The third-order valence-corrected chi connectivity index (χ3v) is 5.50. The normalized spacial score (nSPS) is 19.4. The molecule has 2 atom stereocenters. The summed E-state index contributed by atoms with van der Waals surface area (Å²) in [6.07, 6.45) is 0. The van der Waals surface area contributed by atoms with Gasteiger partial charge in [0.05, 0.1) is 19.9 Å². The molecule has 3 amide bonds. The number of hydrogen-bond acceptors (Lipinski definition) is 8. The SMILES string of the molecule is COc1ccc(N2C(=O)[C@@H]3N=NN(CC(=O)Nc4cc(Cl)ccc4C)[C@H]3C2=O)cc1OC. The second kappa shape index (κ2) is 8.46. The van der Waals surface area contributed by atoms with Crippen molar-refractivity contribution in [3.05, 3.63) is 47.0 Å². The highest BCUT2D eigenvalue weighted by molar-refractivity contribution is 6.31. The average Bonchev–Trinajstić information content (AvgIpc) is 3.29. The lowest BCUT2D eigenvalue weighted by molar-refractivity contribution is -0.123. The Bertz CT molecular complexity index is 1140. The highest BCUT2D eigenvalue weighted by Gasteiger charge is 2.55. The van der Waals surface area contributed by atoms with Crippen LogP contribution in [-0.2, 0) is 14.4 Å². The number of nitrogens with zero attached hydrogens (tertiary/aromatic N) is 4. The number of methoxy groups -OCH3 is 2. The molecule has 0 unspecified atom stereocenters. The number of benzene rings is 2. The summed E-state index contributed by atoms with van der Waals surface area (Å²) in [7, 11) is 2.95. The van der Waals surface area contributed by atoms with Crippen LogP contribution >= 0.6 is 11.6 Å². The molecule has 1 saturated heterocycles. The van der Waals surface area contributed by atoms with Crippen molar-refractivity contribution in [3.8, 4) is 11.5 Å². The number of amides is 3. The van der Waals surface area contributed by atoms with Gasteiger partial charge >= 0.3 is 0 Å². The molecule has 0 bridgehead atoms. The molecule has 166 valence electrons. The standard InChI is InChI=1S/C21H20ClN5O5/c1-11-4-5-12(22)8-14(11)23-17(28)10-26-19-18(24-25-26)20(29)27(21(19)30)13-6-7-15(31-2)16(9-13)32-3/h4-9,18-19H,10H2,1-3H3,(H,23,28)/t18-,19-/m1/s1. The van der Waals surface area contributed by atoms with E-state index in [-0.39, 0.29) is 6.54 Å². The van der Waals surface area contributed by atoms with Gasteiger partial charge in [0.15, 0.2) is 23.6 Å². The van der Waals surface area contributed by atoms with E-state index in [0.29, 0.717) is 27.9 Å². The van der Waals surface area contributed by atoms with Crippen LogP contribution in [0, 0.1) is 6.92 Å². The Balaban J connectivity index is 1.52. The molecule has 0 aromatic heterocycles. The first-order chi connectivity index (χ1) is 15.3. The smallest absolute Gasteiger partial charge is 0.263 e. The summed E-state index contributed by atoms with van der Waals surface area (Å²) in [5.74, 6) is -0.629. The van der Waals surface area contributed by atoms with E-state index in [1.54, 1.807) is 30.3 Å². The van der Waals surface area contributed by atoms with E-state index in [2.05, 4.69) is 15.7 Å². The molecule has 11 heteroatoms. The van der Waals surface area contributed by atoms with Crippen LogP contribution in [0.15, 0.2) is 46.7 Å². The molecule has 10 nitrogen and oxygen atoms in total. The lowest BCUT2D eigenvalue weighted by Gasteiger charge is -2.21. The van der Waals surface area contributed by atoms with Gasteiger partial charge in [0, 0.05) is 16.8 Å². The number of carbonyl (C=O) groups is 3. The summed E-state index contributed by atoms with van der Waals surface area (Å²) in [6.45, 7) is 1.58. The number of hydrogen-bond donors (Lipinski definition) is 1. The molecule has 0 aliphatic carbocycles. The molecule has 2 heterocycles. The number of fused-ring (bicyclic) bond motifs is 1. The van der Waals surface area contributed by atoms with E-state index < -0.39 is 29.8 Å². The summed E-state index contributed by atoms with van der Waals surface area (Å²) in [5, 5.41) is 12.3. The number of nitrogens with one attached hydrogen (secondary N) is 1. The van der Waals surface area contributed by atoms with Gasteiger partial charge in [-0.25, -0.2) is 4.90 Å². The molecule has 0 radical (unpaired) electrons. The maximum atomic E-state index is 13.1. The molecule has 0 spiro atoms. The quantitative estimate of drug-likeness (QED) is 0.667. The average molecular weight is 458 g/mol. The van der Waals surface area contributed by atoms with Crippen LogP contribution in [0.25, 0.3) is 0 Å². The van der Waals surface area contributed by atoms with Gasteiger partial charge < -0.3 is 14.8 Å². The molecule has 2 aliphatic rings. The summed E-state index contributed by atoms with van der Waals surface area (Å²) in [4.78, 5) is 39.6. The topological polar surface area (TPSA) is 113 Å². The molecular weight excluding hydrogens is 438 g/mol. The van der Waals surface area contributed by atoms with Gasteiger partial charge in [-0.05, 0) is 36.8 Å². The molecule has 4 rings (SSSR count). The number of imide groups is 1. The zero-order chi connectivity index (χ0) is 23.0. The minimum atomic E-state index is -1.02. The first-order valence-electron chi connectivity index (χ1n) is 9.67. The second-order valence-corrected chi connectivity index (χ2v) is 7.69. The monoisotopic (exact) mass is 457 g/mol. The van der Waals surface area contributed by atoms with Crippen molar-refractivity contribution in [2.45, 2.75) is 19.0 Å². The number of carbonyl (C=O) groups excluding carboxylic acids is 3. The van der Waals surface area contributed by atoms with Crippen LogP contribution in [0.5, 0.6) is 11.5 Å². The molecule has 1 fully saturated rings. The van der Waals surface area contributed by atoms with E-state index in [4.69, 9.17) is 21.1 Å². The van der Waals surface area contributed by atoms with Crippen LogP contribution in [0.3, 0.4) is 0 Å². The number of aryl methyl sites for hydroxylation is 1. The third kappa shape index (κ3) is 3.73. The van der Waals surface area contributed by atoms with Gasteiger partial charge in [-0.2, -0.15) is 5.11 Å². The Kier molecular flexibility index (Phi) is 5.70. The Labute approximate surface area is 188 Å². The van der Waals surface area contributed by atoms with Crippen molar-refractivity contribution < 1.29 is 23.9 Å². The van der Waals surface area contributed by atoms with E-state index in [1.165, 1.54) is 25.3 Å². The molecule has 2 aromatic rings. The zero-order valence-corrected chi connectivity index (χ0v) is 18.3. The maximum Gasteiger partial charge on any atom is 0.263 e. The zero-order valence-electron chi connectivity index (χ0n) is 17.5. The number of rotatable bonds is 6. The molecule has 32 heavy (non-hydrogen) atoms. The Morgan fingerprint density at radius 3 is 2.56 bits per heavy atom. The molecule has 2 aromatic carbocycles. The largest absolute Gasteiger partial charge is 0.493 e. The summed E-state index contributed by atoms with van der Waals surface area (Å²) >= 11 is 5.99. The van der Waals surface area contributed by atoms with Crippen LogP contribution in [0.2, 0.25) is 5.02 Å². The van der Waals surface area contributed by atoms with Gasteiger partial charge in [0.25, 0.3) is 11.8 Å². The third-order valence-electron chi connectivity index (χ3n) is 5.26. The van der Waals surface area contributed by atoms with E-state index in [1.807, 2.05) is 6.92 Å². The van der Waals surface area contributed by atoms with Crippen molar-refractivity contribution in [3.63, 3.8) is 0 Å². The first-order valence-corrected chi connectivity index (χ1v) is 10.0. The molecule has 1 N–H and O–H groups in total. The predicted molar refractivity (Wildman–Crippen MR) is 116 cm³/mol. The predicted octanol–water partition coefficient (Wildman–Crippen LogP) is 2.60. The number of ether oxygens (including phenoxy) is 2. The lowest BCUT2D eigenvalue weighted by Crippen LogP contribution is -2.43. The first kappa shape index (κ1) is 21.6. The summed E-state index contributed by atoms with van der Waals surface area (Å²) in [6, 6.07) is 7.83. The summed E-state index contributed by atoms with van der Waals surface area (Å²) in [5.41, 5.74) is 1.70. The van der Waals surface area contributed by atoms with Gasteiger partial charge in [-0.1, -0.05) is 22.9 Å². The van der Waals surface area contributed by atoms with Gasteiger partial charge in [-0.15, -0.1) is 0 Å². The van der Waals surface area contributed by atoms with E-state index >= 15 is 0 Å². The number of halogens is 1. The van der Waals surface area contributed by atoms with Crippen LogP contribution in [0.4, 0.5) is 11.4 Å². The van der Waals surface area contributed by atoms with Crippen LogP contribution in [-0.4, -0.2) is 55.6 Å². The maximum absolute atomic E-state index is 13.1. The molecular formula is C21H20ClN5O5. The van der Waals surface area contributed by atoms with E-state index in [9.17, 15) is 14.4 Å². The molecule has 2 aliphatic heterocycles. The highest BCUT2D eigenvalue weighted by atomic mass is 35.5. The fourth-order valence-corrected chi connectivity index (χ4v) is 3.81. The van der Waals surface area contributed by atoms with E-state index in [0.717, 1.165) is 10.5 Å². The minimum Gasteiger partial charge on any atom is -0.493 e. The minimum absolute atomic E-state index is 0.255.